The summed E-state index contributed by atoms with van der Waals surface area (Å²) in [6.07, 6.45) is -0.663. The standard InChI is InChI=1S/C20H23NO5S/c1-25-18(15-9-5-3-6-10-15)19(22)21-17(20(23)26-2)13-14-27(24)16-11-7-4-8-12-16/h3-12,17-18H,13-14H2,1-2H3,(H,21,22)/t17-,18-,27+/m1/s1. The van der Waals surface area contributed by atoms with Crippen molar-refractivity contribution < 1.29 is 23.3 Å². The van der Waals surface area contributed by atoms with Crippen molar-refractivity contribution in [2.24, 2.45) is 0 Å². The second-order valence-electron chi connectivity index (χ2n) is 5.76. The van der Waals surface area contributed by atoms with Crippen LogP contribution in [0.5, 0.6) is 0 Å². The molecule has 2 aromatic rings. The van der Waals surface area contributed by atoms with Crippen LogP contribution in [-0.2, 0) is 29.9 Å². The third-order valence-corrected chi connectivity index (χ3v) is 5.38. The van der Waals surface area contributed by atoms with Gasteiger partial charge in [0.25, 0.3) is 5.91 Å². The van der Waals surface area contributed by atoms with Crippen LogP contribution in [0.25, 0.3) is 0 Å². The number of carbonyl (C=O) groups excluding carboxylic acids is 2. The molecular weight excluding hydrogens is 366 g/mol. The lowest BCUT2D eigenvalue weighted by Crippen LogP contribution is -2.44. The smallest absolute Gasteiger partial charge is 0.328 e. The zero-order valence-electron chi connectivity index (χ0n) is 15.3. The van der Waals surface area contributed by atoms with Gasteiger partial charge in [0.05, 0.1) is 17.9 Å². The van der Waals surface area contributed by atoms with Crippen LogP contribution in [0.4, 0.5) is 0 Å². The van der Waals surface area contributed by atoms with E-state index in [4.69, 9.17) is 9.47 Å². The van der Waals surface area contributed by atoms with Crippen molar-refractivity contribution in [2.45, 2.75) is 23.5 Å². The first-order valence-electron chi connectivity index (χ1n) is 8.46. The van der Waals surface area contributed by atoms with Gasteiger partial charge in [-0.3, -0.25) is 9.00 Å². The minimum Gasteiger partial charge on any atom is -0.467 e. The van der Waals surface area contributed by atoms with Crippen molar-refractivity contribution in [3.05, 3.63) is 66.2 Å². The molecule has 2 aromatic carbocycles. The fourth-order valence-electron chi connectivity index (χ4n) is 2.58. The zero-order valence-corrected chi connectivity index (χ0v) is 16.1. The number of rotatable bonds is 9. The van der Waals surface area contributed by atoms with E-state index in [2.05, 4.69) is 5.32 Å². The molecule has 7 heteroatoms. The molecule has 0 aliphatic rings. The molecule has 0 unspecified atom stereocenters. The highest BCUT2D eigenvalue weighted by Crippen LogP contribution is 2.17. The Hall–Kier alpha value is -2.51. The van der Waals surface area contributed by atoms with Crippen LogP contribution in [0.2, 0.25) is 0 Å². The lowest BCUT2D eigenvalue weighted by atomic mass is 10.1. The van der Waals surface area contributed by atoms with Crippen LogP contribution in [0.15, 0.2) is 65.6 Å². The highest BCUT2D eigenvalue weighted by molar-refractivity contribution is 7.85. The van der Waals surface area contributed by atoms with E-state index in [0.717, 1.165) is 0 Å². The first-order valence-corrected chi connectivity index (χ1v) is 9.78. The van der Waals surface area contributed by atoms with Gasteiger partial charge in [-0.2, -0.15) is 0 Å². The van der Waals surface area contributed by atoms with Crippen LogP contribution in [-0.4, -0.2) is 42.1 Å². The van der Waals surface area contributed by atoms with Gasteiger partial charge in [-0.1, -0.05) is 48.5 Å². The Bertz CT molecular complexity index is 766. The van der Waals surface area contributed by atoms with Gasteiger partial charge in [0.15, 0.2) is 6.10 Å². The summed E-state index contributed by atoms with van der Waals surface area (Å²) in [5.74, 6) is -0.825. The minimum absolute atomic E-state index is 0.186. The van der Waals surface area contributed by atoms with E-state index in [1.165, 1.54) is 14.2 Å². The molecule has 2 rings (SSSR count). The van der Waals surface area contributed by atoms with Gasteiger partial charge < -0.3 is 14.8 Å². The van der Waals surface area contributed by atoms with Crippen LogP contribution in [0.1, 0.15) is 18.1 Å². The number of amides is 1. The largest absolute Gasteiger partial charge is 0.467 e. The molecule has 144 valence electrons. The summed E-state index contributed by atoms with van der Waals surface area (Å²) in [6, 6.07) is 17.0. The minimum atomic E-state index is -1.28. The van der Waals surface area contributed by atoms with Crippen molar-refractivity contribution >= 4 is 22.7 Å². The Balaban J connectivity index is 2.04. The second kappa shape index (κ2) is 10.6. The molecule has 6 nitrogen and oxygen atoms in total. The molecule has 0 spiro atoms. The third kappa shape index (κ3) is 6.01. The van der Waals surface area contributed by atoms with Gasteiger partial charge in [0, 0.05) is 17.8 Å². The molecule has 0 aliphatic heterocycles. The Kier molecular flexibility index (Phi) is 8.16. The molecule has 3 atom stereocenters. The maximum Gasteiger partial charge on any atom is 0.328 e. The molecular formula is C20H23NO5S. The summed E-state index contributed by atoms with van der Waals surface area (Å²) < 4.78 is 22.4. The van der Waals surface area contributed by atoms with Gasteiger partial charge in [-0.15, -0.1) is 0 Å². The molecule has 0 aliphatic carbocycles. The van der Waals surface area contributed by atoms with Gasteiger partial charge in [0.2, 0.25) is 0 Å². The van der Waals surface area contributed by atoms with E-state index in [1.807, 2.05) is 12.1 Å². The molecule has 0 saturated carbocycles. The summed E-state index contributed by atoms with van der Waals surface area (Å²) in [5.41, 5.74) is 0.675. The number of carbonyl (C=O) groups is 2. The summed E-state index contributed by atoms with van der Waals surface area (Å²) in [7, 11) is 1.40. The molecule has 0 radical (unpaired) electrons. The average molecular weight is 389 g/mol. The molecule has 0 saturated heterocycles. The predicted molar refractivity (Wildman–Crippen MR) is 102 cm³/mol. The van der Waals surface area contributed by atoms with Crippen LogP contribution < -0.4 is 5.32 Å². The summed E-state index contributed by atoms with van der Waals surface area (Å²) in [4.78, 5) is 25.3. The molecule has 0 fully saturated rings. The van der Waals surface area contributed by atoms with Crippen molar-refractivity contribution in [2.75, 3.05) is 20.0 Å². The second-order valence-corrected chi connectivity index (χ2v) is 7.33. The summed E-state index contributed by atoms with van der Waals surface area (Å²) in [5, 5.41) is 2.65. The molecule has 0 bridgehead atoms. The first kappa shape index (κ1) is 20.8. The number of esters is 1. The van der Waals surface area contributed by atoms with Crippen molar-refractivity contribution in [1.82, 2.24) is 5.32 Å². The molecule has 0 heterocycles. The lowest BCUT2D eigenvalue weighted by Gasteiger charge is -2.20. The highest BCUT2D eigenvalue weighted by Gasteiger charge is 2.27. The molecule has 1 N–H and O–H groups in total. The average Bonchev–Trinajstić information content (AvgIpc) is 2.72. The SMILES string of the molecule is COC(=O)[C@@H](CC[S@](=O)c1ccccc1)NC(=O)[C@H](OC)c1ccccc1. The molecule has 1 amide bonds. The van der Waals surface area contributed by atoms with Gasteiger partial charge in [-0.25, -0.2) is 4.79 Å². The highest BCUT2D eigenvalue weighted by atomic mass is 32.2. The molecule has 0 aromatic heterocycles. The lowest BCUT2D eigenvalue weighted by molar-refractivity contribution is -0.146. The maximum absolute atomic E-state index is 12.6. The first-order chi connectivity index (χ1) is 13.1. The van der Waals surface area contributed by atoms with Crippen LogP contribution in [0.3, 0.4) is 0 Å². The predicted octanol–water partition coefficient (Wildman–Crippen LogP) is 2.23. The normalized spacial score (nSPS) is 14.0. The Morgan fingerprint density at radius 2 is 1.59 bits per heavy atom. The monoisotopic (exact) mass is 389 g/mol. The number of methoxy groups -OCH3 is 2. The van der Waals surface area contributed by atoms with Crippen molar-refractivity contribution in [3.8, 4) is 0 Å². The van der Waals surface area contributed by atoms with E-state index in [-0.39, 0.29) is 12.2 Å². The summed E-state index contributed by atoms with van der Waals surface area (Å²) >= 11 is 0. The van der Waals surface area contributed by atoms with Gasteiger partial charge in [0.1, 0.15) is 6.04 Å². The van der Waals surface area contributed by atoms with E-state index in [0.29, 0.717) is 10.5 Å². The Labute approximate surface area is 161 Å². The van der Waals surface area contributed by atoms with Crippen LogP contribution >= 0.6 is 0 Å². The van der Waals surface area contributed by atoms with E-state index < -0.39 is 34.8 Å². The zero-order chi connectivity index (χ0) is 19.6. The maximum atomic E-state index is 12.6. The third-order valence-electron chi connectivity index (χ3n) is 3.98. The van der Waals surface area contributed by atoms with E-state index in [1.54, 1.807) is 48.5 Å². The Morgan fingerprint density at radius 3 is 2.15 bits per heavy atom. The fourth-order valence-corrected chi connectivity index (χ4v) is 3.72. The summed E-state index contributed by atoms with van der Waals surface area (Å²) in [6.45, 7) is 0. The number of nitrogens with one attached hydrogen (secondary N) is 1. The molecule has 27 heavy (non-hydrogen) atoms. The van der Waals surface area contributed by atoms with Crippen molar-refractivity contribution in [1.29, 1.82) is 0 Å². The number of benzene rings is 2. The van der Waals surface area contributed by atoms with Gasteiger partial charge in [-0.05, 0) is 24.1 Å². The number of hydrogen-bond acceptors (Lipinski definition) is 5. The van der Waals surface area contributed by atoms with Gasteiger partial charge >= 0.3 is 5.97 Å². The topological polar surface area (TPSA) is 81.7 Å². The van der Waals surface area contributed by atoms with Crippen molar-refractivity contribution in [3.63, 3.8) is 0 Å². The Morgan fingerprint density at radius 1 is 1.00 bits per heavy atom. The number of hydrogen-bond donors (Lipinski definition) is 1. The van der Waals surface area contributed by atoms with E-state index >= 15 is 0 Å². The van der Waals surface area contributed by atoms with Crippen LogP contribution in [0, 0.1) is 0 Å². The fraction of sp³-hybridized carbons (Fsp3) is 0.300. The quantitative estimate of drug-likeness (QED) is 0.665. The van der Waals surface area contributed by atoms with E-state index in [9.17, 15) is 13.8 Å². The number of ether oxygens (including phenoxy) is 2.